The molecule has 0 atom stereocenters. The summed E-state index contributed by atoms with van der Waals surface area (Å²) >= 11 is 1.62. The molecule has 0 saturated carbocycles. The van der Waals surface area contributed by atoms with Crippen LogP contribution in [0.4, 0.5) is 0 Å². The largest absolute Gasteiger partial charge is 0.310 e. The summed E-state index contributed by atoms with van der Waals surface area (Å²) in [5, 5.41) is 22.2. The standard InChI is InChI=1S/C14H21N5S/c1-5-12-11(6-10(4)16-17-12)14-19-18-13(20-14)8-15-7-9(2)3/h6,9,15H,5,7-8H2,1-4H3. The predicted molar refractivity (Wildman–Crippen MR) is 81.6 cm³/mol. The van der Waals surface area contributed by atoms with Crippen LogP contribution in [0.3, 0.4) is 0 Å². The molecule has 0 amide bonds. The molecule has 0 aliphatic carbocycles. The summed E-state index contributed by atoms with van der Waals surface area (Å²) in [6, 6.07) is 2.04. The number of nitrogens with zero attached hydrogens (tertiary/aromatic N) is 4. The van der Waals surface area contributed by atoms with Crippen molar-refractivity contribution in [1.82, 2.24) is 25.7 Å². The summed E-state index contributed by atoms with van der Waals surface area (Å²) in [7, 11) is 0. The van der Waals surface area contributed by atoms with Crippen LogP contribution in [0.1, 0.15) is 37.2 Å². The van der Waals surface area contributed by atoms with Gasteiger partial charge in [-0.05, 0) is 31.9 Å². The highest BCUT2D eigenvalue weighted by Crippen LogP contribution is 2.26. The topological polar surface area (TPSA) is 63.6 Å². The van der Waals surface area contributed by atoms with E-state index in [0.717, 1.165) is 46.5 Å². The molecule has 2 aromatic rings. The lowest BCUT2D eigenvalue weighted by Gasteiger charge is -2.04. The predicted octanol–water partition coefficient (Wildman–Crippen LogP) is 2.61. The Morgan fingerprint density at radius 3 is 2.70 bits per heavy atom. The molecule has 1 N–H and O–H groups in total. The summed E-state index contributed by atoms with van der Waals surface area (Å²) in [5.41, 5.74) is 2.95. The van der Waals surface area contributed by atoms with E-state index in [1.54, 1.807) is 11.3 Å². The monoisotopic (exact) mass is 291 g/mol. The van der Waals surface area contributed by atoms with Crippen LogP contribution in [-0.2, 0) is 13.0 Å². The summed E-state index contributed by atoms with van der Waals surface area (Å²) in [4.78, 5) is 0. The van der Waals surface area contributed by atoms with E-state index in [9.17, 15) is 0 Å². The average molecular weight is 291 g/mol. The van der Waals surface area contributed by atoms with Gasteiger partial charge >= 0.3 is 0 Å². The molecule has 20 heavy (non-hydrogen) atoms. The molecule has 0 aromatic carbocycles. The second kappa shape index (κ2) is 6.85. The lowest BCUT2D eigenvalue weighted by atomic mass is 10.1. The molecule has 2 heterocycles. The van der Waals surface area contributed by atoms with Crippen LogP contribution < -0.4 is 5.32 Å². The van der Waals surface area contributed by atoms with Crippen LogP contribution in [0.15, 0.2) is 6.07 Å². The first kappa shape index (κ1) is 15.0. The smallest absolute Gasteiger partial charge is 0.149 e. The summed E-state index contributed by atoms with van der Waals surface area (Å²) < 4.78 is 0. The zero-order valence-corrected chi connectivity index (χ0v) is 13.3. The first-order valence-electron chi connectivity index (χ1n) is 6.96. The van der Waals surface area contributed by atoms with Gasteiger partial charge in [0.2, 0.25) is 0 Å². The quantitative estimate of drug-likeness (QED) is 0.886. The maximum atomic E-state index is 4.29. The Bertz CT molecular complexity index is 564. The second-order valence-corrected chi connectivity index (χ2v) is 6.29. The van der Waals surface area contributed by atoms with E-state index in [-0.39, 0.29) is 0 Å². The number of nitrogens with one attached hydrogen (secondary N) is 1. The summed E-state index contributed by atoms with van der Waals surface area (Å²) in [6.07, 6.45) is 0.850. The molecule has 0 bridgehead atoms. The first-order valence-corrected chi connectivity index (χ1v) is 7.78. The molecule has 2 rings (SSSR count). The number of rotatable bonds is 6. The highest BCUT2D eigenvalue weighted by molar-refractivity contribution is 7.14. The van der Waals surface area contributed by atoms with Gasteiger partial charge in [-0.25, -0.2) is 0 Å². The van der Waals surface area contributed by atoms with Crippen molar-refractivity contribution >= 4 is 11.3 Å². The molecular formula is C14H21N5S. The van der Waals surface area contributed by atoms with E-state index >= 15 is 0 Å². The van der Waals surface area contributed by atoms with Crippen LogP contribution >= 0.6 is 11.3 Å². The van der Waals surface area contributed by atoms with Crippen LogP contribution in [0.2, 0.25) is 0 Å². The number of aryl methyl sites for hydroxylation is 2. The third-order valence-corrected chi connectivity index (χ3v) is 3.81. The molecule has 2 aromatic heterocycles. The van der Waals surface area contributed by atoms with Gasteiger partial charge in [0.1, 0.15) is 10.0 Å². The van der Waals surface area contributed by atoms with Crippen LogP contribution in [0.25, 0.3) is 10.6 Å². The minimum absolute atomic E-state index is 0.640. The average Bonchev–Trinajstić information content (AvgIpc) is 2.87. The van der Waals surface area contributed by atoms with Gasteiger partial charge in [-0.3, -0.25) is 0 Å². The fourth-order valence-electron chi connectivity index (χ4n) is 1.86. The fraction of sp³-hybridized carbons (Fsp3) is 0.571. The zero-order valence-electron chi connectivity index (χ0n) is 12.5. The SMILES string of the molecule is CCc1nnc(C)cc1-c1nnc(CNCC(C)C)s1. The minimum atomic E-state index is 0.640. The van der Waals surface area contributed by atoms with Gasteiger partial charge in [-0.2, -0.15) is 10.2 Å². The molecule has 0 radical (unpaired) electrons. The van der Waals surface area contributed by atoms with Gasteiger partial charge in [0.15, 0.2) is 0 Å². The van der Waals surface area contributed by atoms with Crippen molar-refractivity contribution in [3.63, 3.8) is 0 Å². The maximum Gasteiger partial charge on any atom is 0.149 e. The first-order chi connectivity index (χ1) is 9.60. The van der Waals surface area contributed by atoms with Crippen molar-refractivity contribution < 1.29 is 0 Å². The molecule has 0 fully saturated rings. The molecular weight excluding hydrogens is 270 g/mol. The summed E-state index contributed by atoms with van der Waals surface area (Å²) in [6.45, 7) is 10.2. The van der Waals surface area contributed by atoms with Gasteiger partial charge in [-0.15, -0.1) is 10.2 Å². The van der Waals surface area contributed by atoms with Crippen molar-refractivity contribution in [3.8, 4) is 10.6 Å². The van der Waals surface area contributed by atoms with Crippen LogP contribution in [-0.4, -0.2) is 26.9 Å². The van der Waals surface area contributed by atoms with Crippen molar-refractivity contribution in [2.24, 2.45) is 5.92 Å². The molecule has 0 unspecified atom stereocenters. The van der Waals surface area contributed by atoms with Crippen LogP contribution in [0, 0.1) is 12.8 Å². The lowest BCUT2D eigenvalue weighted by Crippen LogP contribution is -2.18. The van der Waals surface area contributed by atoms with Gasteiger partial charge in [0.25, 0.3) is 0 Å². The second-order valence-electron chi connectivity index (χ2n) is 5.23. The Morgan fingerprint density at radius 1 is 1.20 bits per heavy atom. The zero-order chi connectivity index (χ0) is 14.5. The Balaban J connectivity index is 2.14. The maximum absolute atomic E-state index is 4.29. The Labute approximate surface area is 123 Å². The van der Waals surface area contributed by atoms with E-state index in [0.29, 0.717) is 5.92 Å². The number of aromatic nitrogens is 4. The third-order valence-electron chi connectivity index (χ3n) is 2.85. The normalized spacial score (nSPS) is 11.2. The Morgan fingerprint density at radius 2 is 2.00 bits per heavy atom. The Kier molecular flexibility index (Phi) is 5.14. The van der Waals surface area contributed by atoms with Gasteiger partial charge in [0.05, 0.1) is 11.4 Å². The van der Waals surface area contributed by atoms with Crippen molar-refractivity contribution in [2.75, 3.05) is 6.54 Å². The minimum Gasteiger partial charge on any atom is -0.310 e. The van der Waals surface area contributed by atoms with E-state index in [1.807, 2.05) is 13.0 Å². The molecule has 108 valence electrons. The van der Waals surface area contributed by atoms with Gasteiger partial charge < -0.3 is 5.32 Å². The number of hydrogen-bond donors (Lipinski definition) is 1. The number of hydrogen-bond acceptors (Lipinski definition) is 6. The molecule has 6 heteroatoms. The third kappa shape index (κ3) is 3.80. The van der Waals surface area contributed by atoms with E-state index in [4.69, 9.17) is 0 Å². The lowest BCUT2D eigenvalue weighted by molar-refractivity contribution is 0.550. The van der Waals surface area contributed by atoms with E-state index in [2.05, 4.69) is 46.5 Å². The highest BCUT2D eigenvalue weighted by Gasteiger charge is 2.12. The Hall–Kier alpha value is -1.40. The van der Waals surface area contributed by atoms with Crippen LogP contribution in [0.5, 0.6) is 0 Å². The molecule has 0 aliphatic rings. The molecule has 0 spiro atoms. The van der Waals surface area contributed by atoms with E-state index < -0.39 is 0 Å². The fourth-order valence-corrected chi connectivity index (χ4v) is 2.71. The molecule has 5 nitrogen and oxygen atoms in total. The van der Waals surface area contributed by atoms with Gasteiger partial charge in [0, 0.05) is 12.1 Å². The van der Waals surface area contributed by atoms with Crippen molar-refractivity contribution in [1.29, 1.82) is 0 Å². The van der Waals surface area contributed by atoms with E-state index in [1.165, 1.54) is 0 Å². The summed E-state index contributed by atoms with van der Waals surface area (Å²) in [5.74, 6) is 0.640. The molecule has 0 saturated heterocycles. The van der Waals surface area contributed by atoms with Gasteiger partial charge in [-0.1, -0.05) is 32.1 Å². The molecule has 0 aliphatic heterocycles. The van der Waals surface area contributed by atoms with Crippen molar-refractivity contribution in [3.05, 3.63) is 22.5 Å². The van der Waals surface area contributed by atoms with Crippen molar-refractivity contribution in [2.45, 2.75) is 40.7 Å². The highest BCUT2D eigenvalue weighted by atomic mass is 32.1.